The molecule has 0 aliphatic heterocycles. The molecular weight excluding hydrogens is 384 g/mol. The van der Waals surface area contributed by atoms with Crippen LogP contribution in [0, 0.1) is 0 Å². The molecule has 2 N–H and O–H groups in total. The van der Waals surface area contributed by atoms with Gasteiger partial charge in [-0.15, -0.1) is 0 Å². The second-order valence-corrected chi connectivity index (χ2v) is 9.78. The van der Waals surface area contributed by atoms with E-state index >= 15 is 0 Å². The van der Waals surface area contributed by atoms with E-state index in [4.69, 9.17) is 0 Å². The second kappa shape index (κ2) is 8.57. The summed E-state index contributed by atoms with van der Waals surface area (Å²) in [5, 5.41) is 3.01. The molecule has 2 aromatic rings. The standard InChI is InChI=1S/C23H30N2O3S/c1-4-16-24-22(26)23(14-5-15-23)19-8-10-20(11-9-19)25-29(27,28)21-12-6-18(7-13-21)17(2)3/h6-13,17,25H,4-5,14-16H2,1-3H3,(H,24,26). The number of carbonyl (C=O) groups excluding carboxylic acids is 1. The Hall–Kier alpha value is -2.34. The lowest BCUT2D eigenvalue weighted by atomic mass is 9.64. The van der Waals surface area contributed by atoms with E-state index in [1.165, 1.54) is 0 Å². The van der Waals surface area contributed by atoms with Gasteiger partial charge in [-0.3, -0.25) is 9.52 Å². The zero-order chi connectivity index (χ0) is 21.1. The normalized spacial score (nSPS) is 15.6. The van der Waals surface area contributed by atoms with Gasteiger partial charge >= 0.3 is 0 Å². The molecule has 29 heavy (non-hydrogen) atoms. The van der Waals surface area contributed by atoms with Crippen LogP contribution in [-0.2, 0) is 20.2 Å². The summed E-state index contributed by atoms with van der Waals surface area (Å²) in [5.41, 5.74) is 2.06. The first-order valence-electron chi connectivity index (χ1n) is 10.3. The number of anilines is 1. The lowest BCUT2D eigenvalue weighted by Gasteiger charge is -2.40. The van der Waals surface area contributed by atoms with Gasteiger partial charge in [0.2, 0.25) is 5.91 Å². The summed E-state index contributed by atoms with van der Waals surface area (Å²) in [7, 11) is -3.65. The molecule has 0 spiro atoms. The van der Waals surface area contributed by atoms with Gasteiger partial charge in [-0.05, 0) is 60.6 Å². The summed E-state index contributed by atoms with van der Waals surface area (Å²) in [6.45, 7) is 6.85. The number of sulfonamides is 1. The lowest BCUT2D eigenvalue weighted by molar-refractivity contribution is -0.129. The summed E-state index contributed by atoms with van der Waals surface area (Å²) < 4.78 is 28.0. The topological polar surface area (TPSA) is 75.3 Å². The van der Waals surface area contributed by atoms with Gasteiger partial charge in [0.25, 0.3) is 10.0 Å². The molecule has 0 saturated heterocycles. The third-order valence-electron chi connectivity index (χ3n) is 5.72. The Morgan fingerprint density at radius 3 is 2.14 bits per heavy atom. The molecule has 0 aromatic heterocycles. The molecule has 0 heterocycles. The lowest BCUT2D eigenvalue weighted by Crippen LogP contribution is -2.49. The van der Waals surface area contributed by atoms with Gasteiger partial charge in [0.05, 0.1) is 10.3 Å². The SMILES string of the molecule is CCCNC(=O)C1(c2ccc(NS(=O)(=O)c3ccc(C(C)C)cc3)cc2)CCC1. The van der Waals surface area contributed by atoms with Gasteiger partial charge < -0.3 is 5.32 Å². The third kappa shape index (κ3) is 4.47. The van der Waals surface area contributed by atoms with Gasteiger partial charge in [0.15, 0.2) is 0 Å². The fourth-order valence-corrected chi connectivity index (χ4v) is 4.75. The maximum atomic E-state index is 12.7. The van der Waals surface area contributed by atoms with Crippen molar-refractivity contribution in [3.63, 3.8) is 0 Å². The Labute approximate surface area is 174 Å². The quantitative estimate of drug-likeness (QED) is 0.665. The van der Waals surface area contributed by atoms with E-state index in [9.17, 15) is 13.2 Å². The van der Waals surface area contributed by atoms with Crippen LogP contribution < -0.4 is 10.0 Å². The Kier molecular flexibility index (Phi) is 6.32. The average molecular weight is 415 g/mol. The number of hydrogen-bond acceptors (Lipinski definition) is 3. The van der Waals surface area contributed by atoms with Crippen molar-refractivity contribution >= 4 is 21.6 Å². The van der Waals surface area contributed by atoms with Crippen LogP contribution in [0.5, 0.6) is 0 Å². The van der Waals surface area contributed by atoms with Gasteiger partial charge in [-0.25, -0.2) is 8.42 Å². The van der Waals surface area contributed by atoms with E-state index in [-0.39, 0.29) is 10.8 Å². The van der Waals surface area contributed by atoms with Crippen molar-refractivity contribution in [3.05, 3.63) is 59.7 Å². The van der Waals surface area contributed by atoms with Gasteiger partial charge in [0.1, 0.15) is 0 Å². The molecule has 0 unspecified atom stereocenters. The number of rotatable bonds is 8. The summed E-state index contributed by atoms with van der Waals surface area (Å²) in [5.74, 6) is 0.421. The van der Waals surface area contributed by atoms with Crippen LogP contribution in [0.1, 0.15) is 63.5 Å². The molecule has 156 valence electrons. The highest BCUT2D eigenvalue weighted by Crippen LogP contribution is 2.44. The van der Waals surface area contributed by atoms with Crippen LogP contribution in [0.2, 0.25) is 0 Å². The van der Waals surface area contributed by atoms with Crippen LogP contribution in [0.3, 0.4) is 0 Å². The number of amides is 1. The summed E-state index contributed by atoms with van der Waals surface area (Å²) in [4.78, 5) is 12.9. The zero-order valence-electron chi connectivity index (χ0n) is 17.4. The molecule has 0 radical (unpaired) electrons. The van der Waals surface area contributed by atoms with Gasteiger partial charge in [-0.2, -0.15) is 0 Å². The zero-order valence-corrected chi connectivity index (χ0v) is 18.2. The molecule has 6 heteroatoms. The van der Waals surface area contributed by atoms with Crippen molar-refractivity contribution in [3.8, 4) is 0 Å². The van der Waals surface area contributed by atoms with Crippen molar-refractivity contribution in [1.29, 1.82) is 0 Å². The Morgan fingerprint density at radius 1 is 1.03 bits per heavy atom. The number of nitrogens with one attached hydrogen (secondary N) is 2. The molecule has 3 rings (SSSR count). The van der Waals surface area contributed by atoms with E-state index in [1.807, 2.05) is 31.2 Å². The molecule has 2 aromatic carbocycles. The predicted molar refractivity (Wildman–Crippen MR) is 117 cm³/mol. The minimum atomic E-state index is -3.65. The van der Waals surface area contributed by atoms with E-state index < -0.39 is 15.4 Å². The molecule has 1 amide bonds. The fraction of sp³-hybridized carbons (Fsp3) is 0.435. The smallest absolute Gasteiger partial charge is 0.261 e. The molecule has 0 bridgehead atoms. The summed E-state index contributed by atoms with van der Waals surface area (Å²) in [6.07, 6.45) is 3.59. The van der Waals surface area contributed by atoms with Crippen LogP contribution >= 0.6 is 0 Å². The Balaban J connectivity index is 1.75. The first-order valence-corrected chi connectivity index (χ1v) is 11.8. The average Bonchev–Trinajstić information content (AvgIpc) is 2.66. The molecule has 5 nitrogen and oxygen atoms in total. The van der Waals surface area contributed by atoms with E-state index in [2.05, 4.69) is 23.9 Å². The fourth-order valence-electron chi connectivity index (χ4n) is 3.69. The van der Waals surface area contributed by atoms with Crippen LogP contribution in [0.25, 0.3) is 0 Å². The molecule has 1 aliphatic carbocycles. The number of benzene rings is 2. The van der Waals surface area contributed by atoms with Crippen LogP contribution in [0.15, 0.2) is 53.4 Å². The Morgan fingerprint density at radius 2 is 1.66 bits per heavy atom. The van der Waals surface area contributed by atoms with E-state index in [0.29, 0.717) is 18.2 Å². The van der Waals surface area contributed by atoms with E-state index in [0.717, 1.165) is 36.8 Å². The molecule has 1 saturated carbocycles. The molecule has 1 fully saturated rings. The first kappa shape index (κ1) is 21.4. The largest absolute Gasteiger partial charge is 0.355 e. The first-order chi connectivity index (χ1) is 13.8. The molecular formula is C23H30N2O3S. The minimum Gasteiger partial charge on any atom is -0.355 e. The summed E-state index contributed by atoms with van der Waals surface area (Å²) >= 11 is 0. The van der Waals surface area contributed by atoms with Gasteiger partial charge in [-0.1, -0.05) is 51.5 Å². The monoisotopic (exact) mass is 414 g/mol. The summed E-state index contributed by atoms with van der Waals surface area (Å²) in [6, 6.07) is 14.2. The van der Waals surface area contributed by atoms with Gasteiger partial charge in [0, 0.05) is 12.2 Å². The predicted octanol–water partition coefficient (Wildman–Crippen LogP) is 4.56. The van der Waals surface area contributed by atoms with Crippen molar-refractivity contribution < 1.29 is 13.2 Å². The maximum absolute atomic E-state index is 12.7. The van der Waals surface area contributed by atoms with Crippen LogP contribution in [0.4, 0.5) is 5.69 Å². The number of hydrogen-bond donors (Lipinski definition) is 2. The van der Waals surface area contributed by atoms with E-state index in [1.54, 1.807) is 24.3 Å². The highest BCUT2D eigenvalue weighted by molar-refractivity contribution is 7.92. The molecule has 1 aliphatic rings. The molecule has 0 atom stereocenters. The second-order valence-electron chi connectivity index (χ2n) is 8.10. The highest BCUT2D eigenvalue weighted by Gasteiger charge is 2.45. The van der Waals surface area contributed by atoms with Crippen molar-refractivity contribution in [2.24, 2.45) is 0 Å². The minimum absolute atomic E-state index is 0.0733. The van der Waals surface area contributed by atoms with Crippen molar-refractivity contribution in [2.75, 3.05) is 11.3 Å². The number of carbonyl (C=O) groups is 1. The maximum Gasteiger partial charge on any atom is 0.261 e. The van der Waals surface area contributed by atoms with Crippen molar-refractivity contribution in [1.82, 2.24) is 5.32 Å². The Bertz CT molecular complexity index is 945. The highest BCUT2D eigenvalue weighted by atomic mass is 32.2. The third-order valence-corrected chi connectivity index (χ3v) is 7.12. The van der Waals surface area contributed by atoms with Crippen LogP contribution in [-0.4, -0.2) is 20.9 Å². The van der Waals surface area contributed by atoms with Crippen molar-refractivity contribution in [2.45, 2.75) is 62.7 Å².